The molecular formula is C11H13N3O4S. The van der Waals surface area contributed by atoms with Crippen molar-refractivity contribution >= 4 is 21.8 Å². The lowest BCUT2D eigenvalue weighted by Gasteiger charge is -2.14. The van der Waals surface area contributed by atoms with Crippen molar-refractivity contribution in [1.29, 1.82) is 0 Å². The number of rotatable bonds is 4. The summed E-state index contributed by atoms with van der Waals surface area (Å²) in [5.74, 6) is 3.96. The molecule has 1 aromatic carbocycles. The lowest BCUT2D eigenvalue weighted by Crippen LogP contribution is -2.33. The Morgan fingerprint density at radius 1 is 1.32 bits per heavy atom. The molecule has 1 heterocycles. The molecule has 0 aliphatic carbocycles. The number of nitrogens with one attached hydrogen (secondary N) is 1. The second-order valence-electron chi connectivity index (χ2n) is 4.05. The average Bonchev–Trinajstić information content (AvgIpc) is 2.60. The van der Waals surface area contributed by atoms with Gasteiger partial charge in [0, 0.05) is 13.0 Å². The number of hydrazine groups is 1. The van der Waals surface area contributed by atoms with Crippen molar-refractivity contribution in [3.05, 3.63) is 29.8 Å². The summed E-state index contributed by atoms with van der Waals surface area (Å²) in [6.07, 6.45) is 0.286. The van der Waals surface area contributed by atoms with Gasteiger partial charge in [0.15, 0.2) is 0 Å². The molecule has 0 aromatic heterocycles. The number of hydrogen-bond donors (Lipinski definition) is 2. The van der Waals surface area contributed by atoms with E-state index < -0.39 is 21.8 Å². The molecule has 3 N–H and O–H groups in total. The van der Waals surface area contributed by atoms with Crippen LogP contribution < -0.4 is 11.3 Å². The summed E-state index contributed by atoms with van der Waals surface area (Å²) in [6, 6.07) is 6.05. The average molecular weight is 283 g/mol. The predicted octanol–water partition coefficient (Wildman–Crippen LogP) is -0.399. The molecule has 0 atom stereocenters. The third kappa shape index (κ3) is 2.32. The number of nitrogens with zero attached hydrogens (tertiary/aromatic N) is 1. The lowest BCUT2D eigenvalue weighted by atomic mass is 10.2. The number of carbonyl (C=O) groups excluding carboxylic acids is 2. The fraction of sp³-hybridized carbons (Fsp3) is 0.273. The maximum Gasteiger partial charge on any atom is 0.269 e. The second-order valence-corrected chi connectivity index (χ2v) is 5.88. The Labute approximate surface area is 110 Å². The van der Waals surface area contributed by atoms with Gasteiger partial charge in [-0.2, -0.15) is 0 Å². The van der Waals surface area contributed by atoms with Gasteiger partial charge in [0.2, 0.25) is 5.91 Å². The molecule has 0 unspecified atom stereocenters. The van der Waals surface area contributed by atoms with Crippen molar-refractivity contribution in [3.8, 4) is 0 Å². The van der Waals surface area contributed by atoms with Crippen molar-refractivity contribution in [2.75, 3.05) is 6.54 Å². The van der Waals surface area contributed by atoms with Crippen molar-refractivity contribution in [1.82, 2.24) is 9.73 Å². The van der Waals surface area contributed by atoms with Gasteiger partial charge in [-0.25, -0.2) is 18.6 Å². The molecule has 102 valence electrons. The normalized spacial score (nSPS) is 16.3. The van der Waals surface area contributed by atoms with E-state index >= 15 is 0 Å². The smallest absolute Gasteiger partial charge is 0.269 e. The van der Waals surface area contributed by atoms with E-state index in [4.69, 9.17) is 5.84 Å². The van der Waals surface area contributed by atoms with Crippen LogP contribution in [0.15, 0.2) is 29.2 Å². The van der Waals surface area contributed by atoms with E-state index in [9.17, 15) is 18.0 Å². The van der Waals surface area contributed by atoms with Crippen LogP contribution in [-0.2, 0) is 14.8 Å². The zero-order valence-electron chi connectivity index (χ0n) is 10.00. The first-order chi connectivity index (χ1) is 8.98. The van der Waals surface area contributed by atoms with Crippen molar-refractivity contribution in [2.45, 2.75) is 17.7 Å². The molecular weight excluding hydrogens is 270 g/mol. The fourth-order valence-corrected chi connectivity index (χ4v) is 3.51. The number of nitrogens with two attached hydrogens (primary N) is 1. The number of amides is 2. The van der Waals surface area contributed by atoms with E-state index in [1.165, 1.54) is 12.1 Å². The van der Waals surface area contributed by atoms with Crippen LogP contribution in [0, 0.1) is 0 Å². The number of carbonyl (C=O) groups is 2. The highest BCUT2D eigenvalue weighted by Gasteiger charge is 2.40. The molecule has 0 bridgehead atoms. The summed E-state index contributed by atoms with van der Waals surface area (Å²) in [6.45, 7) is -0.0384. The molecule has 2 amide bonds. The van der Waals surface area contributed by atoms with Gasteiger partial charge in [-0.15, -0.1) is 0 Å². The summed E-state index contributed by atoms with van der Waals surface area (Å²) >= 11 is 0. The fourth-order valence-electron chi connectivity index (χ4n) is 1.91. The molecule has 0 fully saturated rings. The molecule has 1 aromatic rings. The maximum atomic E-state index is 12.1. The Morgan fingerprint density at radius 3 is 2.63 bits per heavy atom. The highest BCUT2D eigenvalue weighted by atomic mass is 32.2. The minimum atomic E-state index is -3.78. The Kier molecular flexibility index (Phi) is 3.54. The van der Waals surface area contributed by atoms with Crippen LogP contribution in [-0.4, -0.2) is 31.1 Å². The zero-order chi connectivity index (χ0) is 14.0. The van der Waals surface area contributed by atoms with Crippen LogP contribution in [0.2, 0.25) is 0 Å². The van der Waals surface area contributed by atoms with Gasteiger partial charge >= 0.3 is 0 Å². The minimum absolute atomic E-state index is 0.0169. The molecule has 0 radical (unpaired) electrons. The topological polar surface area (TPSA) is 110 Å². The molecule has 7 nitrogen and oxygen atoms in total. The molecule has 2 rings (SSSR count). The van der Waals surface area contributed by atoms with E-state index in [0.29, 0.717) is 0 Å². The van der Waals surface area contributed by atoms with E-state index in [1.54, 1.807) is 12.1 Å². The van der Waals surface area contributed by atoms with Crippen LogP contribution in [0.3, 0.4) is 0 Å². The van der Waals surface area contributed by atoms with Gasteiger partial charge < -0.3 is 0 Å². The monoisotopic (exact) mass is 283 g/mol. The highest BCUT2D eigenvalue weighted by molar-refractivity contribution is 7.90. The molecule has 1 aliphatic rings. The van der Waals surface area contributed by atoms with Crippen LogP contribution in [0.1, 0.15) is 23.2 Å². The van der Waals surface area contributed by atoms with E-state index in [1.807, 2.05) is 5.43 Å². The molecule has 8 heteroatoms. The third-order valence-electron chi connectivity index (χ3n) is 2.84. The summed E-state index contributed by atoms with van der Waals surface area (Å²) in [5.41, 5.74) is 2.12. The molecule has 0 spiro atoms. The van der Waals surface area contributed by atoms with E-state index in [-0.39, 0.29) is 29.8 Å². The van der Waals surface area contributed by atoms with E-state index in [0.717, 1.165) is 4.31 Å². The highest BCUT2D eigenvalue weighted by Crippen LogP contribution is 2.29. The van der Waals surface area contributed by atoms with Gasteiger partial charge in [-0.05, 0) is 18.6 Å². The van der Waals surface area contributed by atoms with Gasteiger partial charge in [0.05, 0.1) is 5.56 Å². The summed E-state index contributed by atoms with van der Waals surface area (Å²) in [4.78, 5) is 23.0. The van der Waals surface area contributed by atoms with E-state index in [2.05, 4.69) is 0 Å². The summed E-state index contributed by atoms with van der Waals surface area (Å²) < 4.78 is 25.0. The Morgan fingerprint density at radius 2 is 2.00 bits per heavy atom. The van der Waals surface area contributed by atoms with Crippen molar-refractivity contribution < 1.29 is 18.0 Å². The summed E-state index contributed by atoms with van der Waals surface area (Å²) in [5, 5.41) is 0. The number of hydrogen-bond acceptors (Lipinski definition) is 5. The molecule has 0 saturated heterocycles. The Balaban J connectivity index is 2.17. The molecule has 0 saturated carbocycles. The number of benzene rings is 1. The van der Waals surface area contributed by atoms with Gasteiger partial charge in [-0.3, -0.25) is 15.0 Å². The first-order valence-corrected chi connectivity index (χ1v) is 7.08. The third-order valence-corrected chi connectivity index (χ3v) is 4.68. The molecule has 1 aliphatic heterocycles. The van der Waals surface area contributed by atoms with Crippen LogP contribution in [0.4, 0.5) is 0 Å². The summed E-state index contributed by atoms with van der Waals surface area (Å²) in [7, 11) is -3.78. The Bertz CT molecular complexity index is 627. The quantitative estimate of drug-likeness (QED) is 0.444. The van der Waals surface area contributed by atoms with Crippen molar-refractivity contribution in [2.24, 2.45) is 5.84 Å². The van der Waals surface area contributed by atoms with Gasteiger partial charge in [0.1, 0.15) is 4.90 Å². The second kappa shape index (κ2) is 4.98. The van der Waals surface area contributed by atoms with Crippen LogP contribution >= 0.6 is 0 Å². The van der Waals surface area contributed by atoms with Crippen LogP contribution in [0.5, 0.6) is 0 Å². The predicted molar refractivity (Wildman–Crippen MR) is 66.2 cm³/mol. The first-order valence-electron chi connectivity index (χ1n) is 5.64. The SMILES string of the molecule is NNC(=O)CCCN1C(=O)c2ccccc2S1(=O)=O. The Hall–Kier alpha value is -1.93. The standard InChI is InChI=1S/C11H13N3O4S/c12-13-10(15)6-3-7-14-11(16)8-4-1-2-5-9(8)19(14,17)18/h1-2,4-5H,3,6-7,12H2,(H,13,15). The van der Waals surface area contributed by atoms with Gasteiger partial charge in [0.25, 0.3) is 15.9 Å². The zero-order valence-corrected chi connectivity index (χ0v) is 10.8. The number of sulfonamides is 1. The maximum absolute atomic E-state index is 12.1. The van der Waals surface area contributed by atoms with Crippen molar-refractivity contribution in [3.63, 3.8) is 0 Å². The molecule has 19 heavy (non-hydrogen) atoms. The van der Waals surface area contributed by atoms with Gasteiger partial charge in [-0.1, -0.05) is 12.1 Å². The lowest BCUT2D eigenvalue weighted by molar-refractivity contribution is -0.121. The largest absolute Gasteiger partial charge is 0.294 e. The first kappa shape index (κ1) is 13.5. The number of fused-ring (bicyclic) bond motifs is 1. The van der Waals surface area contributed by atoms with Crippen LogP contribution in [0.25, 0.3) is 0 Å². The minimum Gasteiger partial charge on any atom is -0.294 e.